The smallest absolute Gasteiger partial charge is 0.306 e. The molecule has 0 radical (unpaired) electrons. The van der Waals surface area contributed by atoms with Gasteiger partial charge in [0.2, 0.25) is 0 Å². The van der Waals surface area contributed by atoms with Crippen LogP contribution in [0.1, 0.15) is 239 Å². The van der Waals surface area contributed by atoms with Gasteiger partial charge in [-0.3, -0.25) is 14.4 Å². The Bertz CT molecular complexity index is 1240. The summed E-state index contributed by atoms with van der Waals surface area (Å²) in [5, 5.41) is 0. The Hall–Kier alpha value is -3.41. The van der Waals surface area contributed by atoms with Crippen LogP contribution in [0.25, 0.3) is 0 Å². The fourth-order valence-corrected chi connectivity index (χ4v) is 6.97. The molecule has 0 aliphatic carbocycles. The molecule has 0 saturated heterocycles. The highest BCUT2D eigenvalue weighted by Gasteiger charge is 2.19. The van der Waals surface area contributed by atoms with E-state index in [-0.39, 0.29) is 31.1 Å². The van der Waals surface area contributed by atoms with Gasteiger partial charge < -0.3 is 14.2 Å². The zero-order chi connectivity index (χ0) is 45.8. The second-order valence-corrected chi connectivity index (χ2v) is 17.1. The summed E-state index contributed by atoms with van der Waals surface area (Å²) < 4.78 is 16.7. The van der Waals surface area contributed by atoms with Crippen molar-refractivity contribution in [3.8, 4) is 0 Å². The first-order valence-electron chi connectivity index (χ1n) is 26.1. The zero-order valence-corrected chi connectivity index (χ0v) is 41.1. The molecule has 1 unspecified atom stereocenters. The number of ether oxygens (including phenoxy) is 3. The van der Waals surface area contributed by atoms with Crippen LogP contribution in [-0.2, 0) is 28.6 Å². The van der Waals surface area contributed by atoms with Gasteiger partial charge in [-0.25, -0.2) is 0 Å². The number of unbranched alkanes of at least 4 members (excludes halogenated alkanes) is 21. The van der Waals surface area contributed by atoms with Crippen LogP contribution >= 0.6 is 0 Å². The van der Waals surface area contributed by atoms with Crippen LogP contribution in [0.4, 0.5) is 0 Å². The predicted molar refractivity (Wildman–Crippen MR) is 270 cm³/mol. The topological polar surface area (TPSA) is 78.9 Å². The van der Waals surface area contributed by atoms with E-state index in [9.17, 15) is 14.4 Å². The second-order valence-electron chi connectivity index (χ2n) is 17.1. The molecule has 0 fully saturated rings. The molecule has 0 amide bonds. The lowest BCUT2D eigenvalue weighted by atomic mass is 10.1. The van der Waals surface area contributed by atoms with Crippen LogP contribution in [0, 0.1) is 0 Å². The molecule has 0 aromatic heterocycles. The number of hydrogen-bond acceptors (Lipinski definition) is 6. The van der Waals surface area contributed by atoms with Gasteiger partial charge in [0.1, 0.15) is 13.2 Å². The lowest BCUT2D eigenvalue weighted by Gasteiger charge is -2.18. The molecule has 0 rings (SSSR count). The second kappa shape index (κ2) is 51.2. The first kappa shape index (κ1) is 59.6. The fourth-order valence-electron chi connectivity index (χ4n) is 6.97. The van der Waals surface area contributed by atoms with Crippen LogP contribution < -0.4 is 0 Å². The third-order valence-corrected chi connectivity index (χ3v) is 10.9. The lowest BCUT2D eigenvalue weighted by Crippen LogP contribution is -2.30. The van der Waals surface area contributed by atoms with Gasteiger partial charge in [0.25, 0.3) is 0 Å². The van der Waals surface area contributed by atoms with Crippen molar-refractivity contribution in [1.29, 1.82) is 0 Å². The Morgan fingerprint density at radius 2 is 0.619 bits per heavy atom. The summed E-state index contributed by atoms with van der Waals surface area (Å²) >= 11 is 0. The Morgan fingerprint density at radius 1 is 0.333 bits per heavy atom. The molecule has 1 atom stereocenters. The van der Waals surface area contributed by atoms with Crippen molar-refractivity contribution in [3.63, 3.8) is 0 Å². The Kier molecular flexibility index (Phi) is 48.5. The van der Waals surface area contributed by atoms with Crippen LogP contribution in [0.3, 0.4) is 0 Å². The summed E-state index contributed by atoms with van der Waals surface area (Å²) in [6.07, 6.45) is 66.0. The summed E-state index contributed by atoms with van der Waals surface area (Å²) in [6.45, 7) is 6.39. The van der Waals surface area contributed by atoms with Crippen molar-refractivity contribution in [1.82, 2.24) is 0 Å². The largest absolute Gasteiger partial charge is 0.462 e. The molecule has 0 saturated carbocycles. The van der Waals surface area contributed by atoms with E-state index < -0.39 is 6.10 Å². The molecule has 0 aromatic rings. The fraction of sp³-hybridized carbons (Fsp3) is 0.702. The van der Waals surface area contributed by atoms with Crippen molar-refractivity contribution < 1.29 is 28.6 Å². The molecule has 0 aromatic carbocycles. The quantitative estimate of drug-likeness (QED) is 0.0262. The minimum atomic E-state index is -0.783. The molecule has 360 valence electrons. The third-order valence-electron chi connectivity index (χ3n) is 10.9. The van der Waals surface area contributed by atoms with Gasteiger partial charge in [-0.1, -0.05) is 209 Å². The highest BCUT2D eigenvalue weighted by molar-refractivity contribution is 5.71. The van der Waals surface area contributed by atoms with E-state index in [1.54, 1.807) is 0 Å². The van der Waals surface area contributed by atoms with E-state index in [1.807, 2.05) is 0 Å². The van der Waals surface area contributed by atoms with Crippen LogP contribution in [-0.4, -0.2) is 37.2 Å². The minimum Gasteiger partial charge on any atom is -0.462 e. The first-order chi connectivity index (χ1) is 31.0. The summed E-state index contributed by atoms with van der Waals surface area (Å²) in [7, 11) is 0. The first-order valence-corrected chi connectivity index (χ1v) is 26.1. The third kappa shape index (κ3) is 49.5. The Labute approximate surface area is 388 Å². The van der Waals surface area contributed by atoms with E-state index >= 15 is 0 Å². The van der Waals surface area contributed by atoms with E-state index in [0.29, 0.717) is 19.3 Å². The molecule has 6 nitrogen and oxygen atoms in total. The predicted octanol–water partition coefficient (Wildman–Crippen LogP) is 17.2. The van der Waals surface area contributed by atoms with Gasteiger partial charge >= 0.3 is 17.9 Å². The standard InChI is InChI=1S/C57H96O6/c1-4-7-10-13-15-17-19-21-23-25-27-28-30-31-33-35-37-39-41-44-47-50-56(59)62-53-54(52-61-55(58)49-46-43-12-9-6-3)63-57(60)51-48-45-42-40-38-36-34-32-29-26-24-22-20-18-16-14-11-8-5-2/h7,10,15-18,21-24,27-28,31,33,54H,4-6,8-9,11-14,19-20,25-26,29-30,32,34-53H2,1-3H3/b10-7-,17-15-,18-16-,23-21-,24-22-,28-27-,33-31-. The van der Waals surface area contributed by atoms with Crippen molar-refractivity contribution in [2.45, 2.75) is 245 Å². The minimum absolute atomic E-state index is 0.0858. The molecule has 63 heavy (non-hydrogen) atoms. The van der Waals surface area contributed by atoms with Crippen molar-refractivity contribution in [3.05, 3.63) is 85.1 Å². The average molecular weight is 877 g/mol. The summed E-state index contributed by atoms with van der Waals surface area (Å²) in [6, 6.07) is 0. The molecule has 6 heteroatoms. The van der Waals surface area contributed by atoms with Crippen LogP contribution in [0.15, 0.2) is 85.1 Å². The van der Waals surface area contributed by atoms with Crippen molar-refractivity contribution >= 4 is 17.9 Å². The maximum Gasteiger partial charge on any atom is 0.306 e. The monoisotopic (exact) mass is 877 g/mol. The van der Waals surface area contributed by atoms with Crippen molar-refractivity contribution in [2.75, 3.05) is 13.2 Å². The number of rotatable bonds is 46. The zero-order valence-electron chi connectivity index (χ0n) is 41.1. The summed E-state index contributed by atoms with van der Waals surface area (Å²) in [4.78, 5) is 37.7. The Balaban J connectivity index is 4.21. The molecule has 0 heterocycles. The number of hydrogen-bond donors (Lipinski definition) is 0. The van der Waals surface area contributed by atoms with Crippen LogP contribution in [0.5, 0.6) is 0 Å². The van der Waals surface area contributed by atoms with Gasteiger partial charge in [0.15, 0.2) is 6.10 Å². The number of carbonyl (C=O) groups excluding carboxylic acids is 3. The Morgan fingerprint density at radius 3 is 1.00 bits per heavy atom. The van der Waals surface area contributed by atoms with E-state index in [4.69, 9.17) is 14.2 Å². The molecular weight excluding hydrogens is 781 g/mol. The van der Waals surface area contributed by atoms with Gasteiger partial charge in [-0.15, -0.1) is 0 Å². The van der Waals surface area contributed by atoms with Crippen molar-refractivity contribution in [2.24, 2.45) is 0 Å². The normalized spacial score (nSPS) is 12.7. The maximum atomic E-state index is 12.7. The number of allylic oxidation sites excluding steroid dienone is 14. The van der Waals surface area contributed by atoms with Gasteiger partial charge in [0.05, 0.1) is 0 Å². The molecular formula is C57H96O6. The molecule has 0 bridgehead atoms. The number of esters is 3. The highest BCUT2D eigenvalue weighted by Crippen LogP contribution is 2.14. The van der Waals surface area contributed by atoms with Crippen LogP contribution in [0.2, 0.25) is 0 Å². The summed E-state index contributed by atoms with van der Waals surface area (Å²) in [5.41, 5.74) is 0. The molecule has 0 spiro atoms. The number of carbonyl (C=O) groups is 3. The van der Waals surface area contributed by atoms with Gasteiger partial charge in [0, 0.05) is 19.3 Å². The highest BCUT2D eigenvalue weighted by atomic mass is 16.6. The average Bonchev–Trinajstić information content (AvgIpc) is 3.28. The lowest BCUT2D eigenvalue weighted by molar-refractivity contribution is -0.167. The van der Waals surface area contributed by atoms with Gasteiger partial charge in [-0.2, -0.15) is 0 Å². The molecule has 0 N–H and O–H groups in total. The van der Waals surface area contributed by atoms with Gasteiger partial charge in [-0.05, 0) is 96.3 Å². The van der Waals surface area contributed by atoms with E-state index in [1.165, 1.54) is 77.0 Å². The van der Waals surface area contributed by atoms with E-state index in [2.05, 4.69) is 106 Å². The maximum absolute atomic E-state index is 12.7. The SMILES string of the molecule is CC/C=C\C/C=C\C/C=C\C/C=C\C/C=C\CCCCCCCC(=O)OCC(COC(=O)CCCCCCC)OC(=O)CCCCCCCCCCC/C=C\C/C=C\CCCCC. The molecule has 0 aliphatic heterocycles. The summed E-state index contributed by atoms with van der Waals surface area (Å²) in [5.74, 6) is -0.924. The van der Waals surface area contributed by atoms with E-state index in [0.717, 1.165) is 122 Å². The molecule has 0 aliphatic rings.